The Balaban J connectivity index is 1.83. The van der Waals surface area contributed by atoms with E-state index >= 15 is 0 Å². The van der Waals surface area contributed by atoms with E-state index in [1.165, 1.54) is 36.9 Å². The molecule has 0 unspecified atom stereocenters. The highest BCUT2D eigenvalue weighted by Gasteiger charge is 2.22. The van der Waals surface area contributed by atoms with Crippen LogP contribution in [0.15, 0.2) is 76.7 Å². The second kappa shape index (κ2) is 10.1. The lowest BCUT2D eigenvalue weighted by atomic mass is 9.86. The number of anilines is 2. The summed E-state index contributed by atoms with van der Waals surface area (Å²) in [5.41, 5.74) is 5.33. The van der Waals surface area contributed by atoms with Gasteiger partial charge in [0.2, 0.25) is 0 Å². The van der Waals surface area contributed by atoms with Crippen LogP contribution < -0.4 is 14.9 Å². The Hall–Kier alpha value is -3.92. The highest BCUT2D eigenvalue weighted by Crippen LogP contribution is 2.29. The normalized spacial score (nSPS) is 12.2. The van der Waals surface area contributed by atoms with Crippen LogP contribution in [-0.4, -0.2) is 26.2 Å². The van der Waals surface area contributed by atoms with Gasteiger partial charge in [0, 0.05) is 11.8 Å². The predicted octanol–water partition coefficient (Wildman–Crippen LogP) is 5.54. The van der Waals surface area contributed by atoms with Gasteiger partial charge in [-0.05, 0) is 59.9 Å². The topological polar surface area (TPSA) is 123 Å². The summed E-state index contributed by atoms with van der Waals surface area (Å²) in [5, 5.41) is 15.9. The van der Waals surface area contributed by atoms with Crippen molar-refractivity contribution in [1.82, 2.24) is 0 Å². The molecule has 0 amide bonds. The molecule has 3 aromatic rings. The standard InChI is InChI=1S/C25H28N4O5S/c1-17(18-6-8-19(9-7-18)25(2,3)4)26-27-23-15-14-22(16-24(23)29(30)31)35(32,33)28-20-10-12-21(34-5)13-11-20/h6-16,27-28H,1-5H3. The maximum absolute atomic E-state index is 12.8. The summed E-state index contributed by atoms with van der Waals surface area (Å²) in [6.45, 7) is 8.16. The summed E-state index contributed by atoms with van der Waals surface area (Å²) < 4.78 is 33.0. The Morgan fingerprint density at radius 3 is 2.17 bits per heavy atom. The molecule has 0 aliphatic rings. The average Bonchev–Trinajstić information content (AvgIpc) is 2.82. The molecule has 0 heterocycles. The number of ether oxygens (including phenoxy) is 1. The van der Waals surface area contributed by atoms with Crippen molar-refractivity contribution in [3.8, 4) is 5.75 Å². The van der Waals surface area contributed by atoms with E-state index in [0.717, 1.165) is 11.6 Å². The number of nitrogens with zero attached hydrogens (tertiary/aromatic N) is 2. The first-order valence-electron chi connectivity index (χ1n) is 10.8. The van der Waals surface area contributed by atoms with Crippen molar-refractivity contribution in [3.63, 3.8) is 0 Å². The summed E-state index contributed by atoms with van der Waals surface area (Å²) in [4.78, 5) is 10.8. The Morgan fingerprint density at radius 2 is 1.63 bits per heavy atom. The SMILES string of the molecule is COc1ccc(NS(=O)(=O)c2ccc(NN=C(C)c3ccc(C(C)(C)C)cc3)c([N+](=O)[O-])c2)cc1. The minimum absolute atomic E-state index is 0.0206. The molecule has 2 N–H and O–H groups in total. The lowest BCUT2D eigenvalue weighted by molar-refractivity contribution is -0.384. The molecule has 0 aliphatic heterocycles. The number of hydrogen-bond acceptors (Lipinski definition) is 7. The van der Waals surface area contributed by atoms with Gasteiger partial charge in [-0.25, -0.2) is 8.42 Å². The van der Waals surface area contributed by atoms with Gasteiger partial charge in [-0.3, -0.25) is 20.3 Å². The number of nitrogens with one attached hydrogen (secondary N) is 2. The predicted molar refractivity (Wildman–Crippen MR) is 138 cm³/mol. The quantitative estimate of drug-likeness (QED) is 0.240. The molecule has 184 valence electrons. The maximum atomic E-state index is 12.8. The number of hydrogen-bond donors (Lipinski definition) is 2. The summed E-state index contributed by atoms with van der Waals surface area (Å²) in [7, 11) is -2.55. The third-order valence-corrected chi connectivity index (χ3v) is 6.71. The minimum atomic E-state index is -4.06. The van der Waals surface area contributed by atoms with E-state index in [1.807, 2.05) is 24.3 Å². The lowest BCUT2D eigenvalue weighted by Gasteiger charge is -2.19. The molecule has 0 radical (unpaired) electrons. The van der Waals surface area contributed by atoms with E-state index < -0.39 is 20.6 Å². The monoisotopic (exact) mass is 496 g/mol. The van der Waals surface area contributed by atoms with Crippen LogP contribution in [0.2, 0.25) is 0 Å². The van der Waals surface area contributed by atoms with E-state index in [2.05, 4.69) is 36.0 Å². The molecule has 3 rings (SSSR count). The summed E-state index contributed by atoms with van der Waals surface area (Å²) in [6.07, 6.45) is 0. The molecule has 0 atom stereocenters. The van der Waals surface area contributed by atoms with E-state index in [1.54, 1.807) is 19.1 Å². The smallest absolute Gasteiger partial charge is 0.295 e. The van der Waals surface area contributed by atoms with Crippen molar-refractivity contribution in [1.29, 1.82) is 0 Å². The van der Waals surface area contributed by atoms with Gasteiger partial charge in [0.1, 0.15) is 11.4 Å². The van der Waals surface area contributed by atoms with Crippen molar-refractivity contribution >= 4 is 32.8 Å². The highest BCUT2D eigenvalue weighted by molar-refractivity contribution is 7.92. The van der Waals surface area contributed by atoms with E-state index in [4.69, 9.17) is 4.74 Å². The van der Waals surface area contributed by atoms with Gasteiger partial charge in [0.15, 0.2) is 0 Å². The van der Waals surface area contributed by atoms with Crippen molar-refractivity contribution in [2.45, 2.75) is 38.0 Å². The van der Waals surface area contributed by atoms with Crippen LogP contribution in [0.5, 0.6) is 5.75 Å². The fraction of sp³-hybridized carbons (Fsp3) is 0.240. The van der Waals surface area contributed by atoms with Gasteiger partial charge in [-0.2, -0.15) is 5.10 Å². The van der Waals surface area contributed by atoms with Gasteiger partial charge < -0.3 is 4.74 Å². The largest absolute Gasteiger partial charge is 0.497 e. The molecular formula is C25H28N4O5S. The molecule has 35 heavy (non-hydrogen) atoms. The molecule has 0 fully saturated rings. The van der Waals surface area contributed by atoms with Crippen molar-refractivity contribution in [3.05, 3.63) is 88.0 Å². The first-order valence-corrected chi connectivity index (χ1v) is 12.3. The number of nitro groups is 1. The molecule has 9 nitrogen and oxygen atoms in total. The zero-order valence-corrected chi connectivity index (χ0v) is 21.0. The van der Waals surface area contributed by atoms with Crippen LogP contribution in [-0.2, 0) is 15.4 Å². The summed E-state index contributed by atoms with van der Waals surface area (Å²) in [6, 6.07) is 17.8. The van der Waals surface area contributed by atoms with Crippen molar-refractivity contribution in [2.24, 2.45) is 5.10 Å². The van der Waals surface area contributed by atoms with Gasteiger partial charge in [0.05, 0.1) is 22.6 Å². The molecule has 10 heteroatoms. The first kappa shape index (κ1) is 25.7. The van der Waals surface area contributed by atoms with Gasteiger partial charge in [-0.1, -0.05) is 45.0 Å². The van der Waals surface area contributed by atoms with Gasteiger partial charge in [0.25, 0.3) is 15.7 Å². The fourth-order valence-corrected chi connectivity index (χ4v) is 4.30. The molecule has 0 spiro atoms. The summed E-state index contributed by atoms with van der Waals surface area (Å²) in [5.74, 6) is 0.569. The second-order valence-corrected chi connectivity index (χ2v) is 10.6. The van der Waals surface area contributed by atoms with E-state index in [-0.39, 0.29) is 16.0 Å². The molecule has 3 aromatic carbocycles. The fourth-order valence-electron chi connectivity index (χ4n) is 3.22. The third kappa shape index (κ3) is 6.36. The van der Waals surface area contributed by atoms with Gasteiger partial charge >= 0.3 is 0 Å². The zero-order chi connectivity index (χ0) is 25.8. The number of hydrazone groups is 1. The average molecular weight is 497 g/mol. The second-order valence-electron chi connectivity index (χ2n) is 8.91. The van der Waals surface area contributed by atoms with Crippen LogP contribution in [0.3, 0.4) is 0 Å². The number of benzene rings is 3. The zero-order valence-electron chi connectivity index (χ0n) is 20.2. The third-order valence-electron chi connectivity index (χ3n) is 5.33. The molecule has 0 aromatic heterocycles. The Morgan fingerprint density at radius 1 is 1.00 bits per heavy atom. The maximum Gasteiger partial charge on any atom is 0.295 e. The highest BCUT2D eigenvalue weighted by atomic mass is 32.2. The molecule has 0 aliphatic carbocycles. The van der Waals surface area contributed by atoms with Crippen molar-refractivity contribution < 1.29 is 18.1 Å². The van der Waals surface area contributed by atoms with Crippen LogP contribution >= 0.6 is 0 Å². The van der Waals surface area contributed by atoms with Crippen LogP contribution in [0.25, 0.3) is 0 Å². The van der Waals surface area contributed by atoms with Crippen molar-refractivity contribution in [2.75, 3.05) is 17.3 Å². The number of sulfonamides is 1. The van der Waals surface area contributed by atoms with Crippen LogP contribution in [0.1, 0.15) is 38.8 Å². The van der Waals surface area contributed by atoms with Gasteiger partial charge in [-0.15, -0.1) is 0 Å². The Bertz CT molecular complexity index is 1340. The van der Waals surface area contributed by atoms with Crippen LogP contribution in [0, 0.1) is 10.1 Å². The molecule has 0 saturated heterocycles. The van der Waals surface area contributed by atoms with E-state index in [9.17, 15) is 18.5 Å². The minimum Gasteiger partial charge on any atom is -0.497 e. The Labute approximate surface area is 205 Å². The Kier molecular flexibility index (Phi) is 7.45. The number of rotatable bonds is 8. The van der Waals surface area contributed by atoms with Crippen LogP contribution in [0.4, 0.5) is 17.1 Å². The molecule has 0 saturated carbocycles. The first-order chi connectivity index (χ1) is 16.4. The number of methoxy groups -OCH3 is 1. The molecular weight excluding hydrogens is 468 g/mol. The summed E-state index contributed by atoms with van der Waals surface area (Å²) >= 11 is 0. The number of nitro benzene ring substituents is 1. The molecule has 0 bridgehead atoms. The van der Waals surface area contributed by atoms with E-state index in [0.29, 0.717) is 17.1 Å². The lowest BCUT2D eigenvalue weighted by Crippen LogP contribution is -2.13.